The lowest BCUT2D eigenvalue weighted by atomic mass is 10.1. The molecule has 1 aromatic carbocycles. The van der Waals surface area contributed by atoms with Crippen LogP contribution in [0.5, 0.6) is 5.75 Å². The molecular formula is C14H17FN2O. The van der Waals surface area contributed by atoms with E-state index >= 15 is 0 Å². The minimum atomic E-state index is -0.340. The molecular weight excluding hydrogens is 231 g/mol. The Balaban J connectivity index is 1.99. The second-order valence-corrected chi connectivity index (χ2v) is 5.10. The molecule has 18 heavy (non-hydrogen) atoms. The van der Waals surface area contributed by atoms with Crippen LogP contribution in [0.25, 0.3) is 0 Å². The molecule has 0 bridgehead atoms. The van der Waals surface area contributed by atoms with Gasteiger partial charge in [0, 0.05) is 29.5 Å². The van der Waals surface area contributed by atoms with Gasteiger partial charge in [-0.15, -0.1) is 0 Å². The third kappa shape index (κ3) is 2.80. The third-order valence-electron chi connectivity index (χ3n) is 3.42. The molecule has 0 aromatic heterocycles. The molecule has 0 heterocycles. The van der Waals surface area contributed by atoms with E-state index < -0.39 is 0 Å². The Hall–Kier alpha value is -1.60. The predicted octanol–water partition coefficient (Wildman–Crippen LogP) is 2.92. The minimum absolute atomic E-state index is 0.00502. The number of ether oxygens (including phenoxy) is 1. The topological polar surface area (TPSA) is 59.0 Å². The first-order valence-electron chi connectivity index (χ1n) is 6.11. The van der Waals surface area contributed by atoms with Gasteiger partial charge in [0.2, 0.25) is 0 Å². The van der Waals surface area contributed by atoms with E-state index in [4.69, 9.17) is 15.7 Å². The fraction of sp³-hybridized carbons (Fsp3) is 0.500. The maximum atomic E-state index is 13.7. The van der Waals surface area contributed by atoms with E-state index in [1.165, 1.54) is 6.07 Å². The van der Waals surface area contributed by atoms with Gasteiger partial charge in [-0.3, -0.25) is 0 Å². The second-order valence-electron chi connectivity index (χ2n) is 5.10. The summed E-state index contributed by atoms with van der Waals surface area (Å²) in [6.45, 7) is 2.22. The van der Waals surface area contributed by atoms with E-state index in [1.54, 1.807) is 19.1 Å². The third-order valence-corrected chi connectivity index (χ3v) is 3.42. The average molecular weight is 248 g/mol. The molecule has 1 saturated carbocycles. The number of benzene rings is 1. The van der Waals surface area contributed by atoms with Gasteiger partial charge in [-0.05, 0) is 25.8 Å². The monoisotopic (exact) mass is 248 g/mol. The van der Waals surface area contributed by atoms with E-state index in [0.717, 1.165) is 12.8 Å². The van der Waals surface area contributed by atoms with Crippen LogP contribution in [-0.4, -0.2) is 6.61 Å². The van der Waals surface area contributed by atoms with Crippen LogP contribution in [0.4, 0.5) is 4.39 Å². The number of nitrogens with zero attached hydrogens (tertiary/aromatic N) is 1. The molecule has 0 spiro atoms. The highest BCUT2D eigenvalue weighted by atomic mass is 19.1. The molecule has 2 N–H and O–H groups in total. The molecule has 0 unspecified atom stereocenters. The van der Waals surface area contributed by atoms with Gasteiger partial charge in [0.15, 0.2) is 0 Å². The molecule has 0 radical (unpaired) electrons. The molecule has 1 fully saturated rings. The smallest absolute Gasteiger partial charge is 0.131 e. The molecule has 0 amide bonds. The Morgan fingerprint density at radius 2 is 2.28 bits per heavy atom. The van der Waals surface area contributed by atoms with Crippen LogP contribution in [0, 0.1) is 22.6 Å². The van der Waals surface area contributed by atoms with Crippen molar-refractivity contribution < 1.29 is 9.13 Å². The van der Waals surface area contributed by atoms with Crippen LogP contribution in [0.2, 0.25) is 0 Å². The lowest BCUT2D eigenvalue weighted by Gasteiger charge is -2.14. The summed E-state index contributed by atoms with van der Waals surface area (Å²) in [5, 5.41) is 8.70. The summed E-state index contributed by atoms with van der Waals surface area (Å²) in [5.74, 6) is 0.161. The summed E-state index contributed by atoms with van der Waals surface area (Å²) in [6.07, 6.45) is 2.54. The number of halogens is 1. The molecule has 1 atom stereocenters. The largest absolute Gasteiger partial charge is 0.493 e. The number of nitriles is 1. The normalized spacial score (nSPS) is 17.9. The van der Waals surface area contributed by atoms with E-state index in [1.807, 2.05) is 0 Å². The Morgan fingerprint density at radius 1 is 1.56 bits per heavy atom. The highest BCUT2D eigenvalue weighted by molar-refractivity contribution is 5.30. The first-order valence-corrected chi connectivity index (χ1v) is 6.11. The first-order chi connectivity index (χ1) is 8.56. The van der Waals surface area contributed by atoms with Crippen molar-refractivity contribution in [1.29, 1.82) is 5.26 Å². The molecule has 2 rings (SSSR count). The number of rotatable bonds is 5. The van der Waals surface area contributed by atoms with Crippen molar-refractivity contribution in [2.24, 2.45) is 11.1 Å². The molecule has 0 saturated heterocycles. The van der Waals surface area contributed by atoms with Crippen molar-refractivity contribution in [3.8, 4) is 11.8 Å². The fourth-order valence-electron chi connectivity index (χ4n) is 1.92. The summed E-state index contributed by atoms with van der Waals surface area (Å²) in [7, 11) is 0. The standard InChI is InChI=1S/C14H17FN2O/c1-10(17)12-3-2-11(8-13(12)15)18-9-14(4-5-14)6-7-16/h2-3,8,10H,4-6,9,17H2,1H3/t10-/m0/s1. The molecule has 3 nitrogen and oxygen atoms in total. The van der Waals surface area contributed by atoms with Gasteiger partial charge in [-0.2, -0.15) is 5.26 Å². The SMILES string of the molecule is C[C@H](N)c1ccc(OCC2(CC#N)CC2)cc1F. The number of hydrogen-bond acceptors (Lipinski definition) is 3. The summed E-state index contributed by atoms with van der Waals surface area (Å²) in [6, 6.07) is 6.59. The summed E-state index contributed by atoms with van der Waals surface area (Å²) >= 11 is 0. The first kappa shape index (κ1) is 12.8. The maximum Gasteiger partial charge on any atom is 0.131 e. The number of nitrogens with two attached hydrogens (primary N) is 1. The Kier molecular flexibility index (Phi) is 3.53. The van der Waals surface area contributed by atoms with Crippen molar-refractivity contribution in [1.82, 2.24) is 0 Å². The number of hydrogen-bond donors (Lipinski definition) is 1. The van der Waals surface area contributed by atoms with Gasteiger partial charge in [0.05, 0.1) is 12.7 Å². The minimum Gasteiger partial charge on any atom is -0.493 e. The summed E-state index contributed by atoms with van der Waals surface area (Å²) in [4.78, 5) is 0. The molecule has 1 aromatic rings. The van der Waals surface area contributed by atoms with E-state index in [0.29, 0.717) is 24.3 Å². The maximum absolute atomic E-state index is 13.7. The second kappa shape index (κ2) is 4.95. The van der Waals surface area contributed by atoms with Gasteiger partial charge in [-0.25, -0.2) is 4.39 Å². The van der Waals surface area contributed by atoms with Crippen LogP contribution >= 0.6 is 0 Å². The molecule has 0 aliphatic heterocycles. The Bertz CT molecular complexity index is 475. The zero-order valence-corrected chi connectivity index (χ0v) is 10.4. The highest BCUT2D eigenvalue weighted by Gasteiger charge is 2.43. The molecule has 4 heteroatoms. The zero-order valence-electron chi connectivity index (χ0n) is 10.4. The van der Waals surface area contributed by atoms with E-state index in [-0.39, 0.29) is 17.3 Å². The van der Waals surface area contributed by atoms with Crippen LogP contribution < -0.4 is 10.5 Å². The van der Waals surface area contributed by atoms with Crippen molar-refractivity contribution >= 4 is 0 Å². The van der Waals surface area contributed by atoms with Crippen molar-refractivity contribution in [2.45, 2.75) is 32.2 Å². The zero-order chi connectivity index (χ0) is 13.2. The van der Waals surface area contributed by atoms with E-state index in [2.05, 4.69) is 6.07 Å². The van der Waals surface area contributed by atoms with Gasteiger partial charge in [0.25, 0.3) is 0 Å². The quantitative estimate of drug-likeness (QED) is 0.871. The Morgan fingerprint density at radius 3 is 2.78 bits per heavy atom. The lowest BCUT2D eigenvalue weighted by molar-refractivity contribution is 0.236. The molecule has 96 valence electrons. The van der Waals surface area contributed by atoms with Crippen LogP contribution in [-0.2, 0) is 0 Å². The highest BCUT2D eigenvalue weighted by Crippen LogP contribution is 2.48. The molecule has 1 aliphatic rings. The van der Waals surface area contributed by atoms with Gasteiger partial charge >= 0.3 is 0 Å². The predicted molar refractivity (Wildman–Crippen MR) is 66.4 cm³/mol. The lowest BCUT2D eigenvalue weighted by Crippen LogP contribution is -2.13. The van der Waals surface area contributed by atoms with Crippen molar-refractivity contribution in [3.05, 3.63) is 29.6 Å². The summed E-state index contributed by atoms with van der Waals surface area (Å²) < 4.78 is 19.2. The van der Waals surface area contributed by atoms with Crippen molar-refractivity contribution in [3.63, 3.8) is 0 Å². The fourth-order valence-corrected chi connectivity index (χ4v) is 1.92. The van der Waals surface area contributed by atoms with Gasteiger partial charge in [0.1, 0.15) is 11.6 Å². The van der Waals surface area contributed by atoms with Crippen LogP contribution in [0.3, 0.4) is 0 Å². The average Bonchev–Trinajstić information content (AvgIpc) is 3.07. The Labute approximate surface area is 106 Å². The van der Waals surface area contributed by atoms with E-state index in [9.17, 15) is 4.39 Å². The van der Waals surface area contributed by atoms with Crippen LogP contribution in [0.15, 0.2) is 18.2 Å². The summed E-state index contributed by atoms with van der Waals surface area (Å²) in [5.41, 5.74) is 6.13. The van der Waals surface area contributed by atoms with Crippen LogP contribution in [0.1, 0.15) is 37.8 Å². The molecule has 1 aliphatic carbocycles. The van der Waals surface area contributed by atoms with Gasteiger partial charge in [-0.1, -0.05) is 6.07 Å². The van der Waals surface area contributed by atoms with Gasteiger partial charge < -0.3 is 10.5 Å². The van der Waals surface area contributed by atoms with Crippen molar-refractivity contribution in [2.75, 3.05) is 6.61 Å².